The standard InChI is InChI=1S/C13H24N2O2/c1-5-6-10(4)15-8-12(16)14-11(13(15)17)7-9(2)3/h9-11H,5-8H2,1-4H3,(H,14,16). The summed E-state index contributed by atoms with van der Waals surface area (Å²) in [4.78, 5) is 25.6. The summed E-state index contributed by atoms with van der Waals surface area (Å²) in [5.74, 6) is 0.461. The van der Waals surface area contributed by atoms with E-state index in [2.05, 4.69) is 26.1 Å². The number of piperazine rings is 1. The first kappa shape index (κ1) is 14.0. The van der Waals surface area contributed by atoms with Gasteiger partial charge in [0, 0.05) is 6.04 Å². The Morgan fingerprint density at radius 2 is 2.00 bits per heavy atom. The lowest BCUT2D eigenvalue weighted by atomic mass is 9.99. The van der Waals surface area contributed by atoms with Crippen LogP contribution in [0.5, 0.6) is 0 Å². The molecule has 4 heteroatoms. The van der Waals surface area contributed by atoms with Crippen molar-refractivity contribution in [2.75, 3.05) is 6.54 Å². The van der Waals surface area contributed by atoms with Crippen LogP contribution in [-0.2, 0) is 9.59 Å². The third kappa shape index (κ3) is 3.72. The molecule has 2 atom stereocenters. The topological polar surface area (TPSA) is 49.4 Å². The molecule has 1 saturated heterocycles. The minimum atomic E-state index is -0.324. The quantitative estimate of drug-likeness (QED) is 0.792. The lowest BCUT2D eigenvalue weighted by Gasteiger charge is -2.37. The highest BCUT2D eigenvalue weighted by Gasteiger charge is 2.34. The van der Waals surface area contributed by atoms with Crippen molar-refractivity contribution in [1.29, 1.82) is 0 Å². The van der Waals surface area contributed by atoms with E-state index in [4.69, 9.17) is 0 Å². The van der Waals surface area contributed by atoms with Crippen LogP contribution in [-0.4, -0.2) is 35.3 Å². The first-order valence-corrected chi connectivity index (χ1v) is 6.55. The smallest absolute Gasteiger partial charge is 0.245 e. The van der Waals surface area contributed by atoms with Crippen molar-refractivity contribution >= 4 is 11.8 Å². The molecular formula is C13H24N2O2. The van der Waals surface area contributed by atoms with Gasteiger partial charge in [-0.2, -0.15) is 0 Å². The van der Waals surface area contributed by atoms with Crippen molar-refractivity contribution in [2.45, 2.75) is 59.0 Å². The SMILES string of the molecule is CCCC(C)N1CC(=O)NC(CC(C)C)C1=O. The number of rotatable bonds is 5. The van der Waals surface area contributed by atoms with Crippen molar-refractivity contribution in [2.24, 2.45) is 5.92 Å². The van der Waals surface area contributed by atoms with E-state index in [0.29, 0.717) is 5.92 Å². The Bertz CT molecular complexity index is 289. The van der Waals surface area contributed by atoms with Crippen LogP contribution in [0.1, 0.15) is 47.0 Å². The number of nitrogens with one attached hydrogen (secondary N) is 1. The van der Waals surface area contributed by atoms with Gasteiger partial charge in [0.15, 0.2) is 0 Å². The third-order valence-corrected chi connectivity index (χ3v) is 3.18. The summed E-state index contributed by atoms with van der Waals surface area (Å²) in [7, 11) is 0. The maximum absolute atomic E-state index is 12.2. The van der Waals surface area contributed by atoms with E-state index in [1.54, 1.807) is 4.90 Å². The third-order valence-electron chi connectivity index (χ3n) is 3.18. The highest BCUT2D eigenvalue weighted by molar-refractivity contribution is 5.95. The predicted molar refractivity (Wildman–Crippen MR) is 67.5 cm³/mol. The molecule has 2 unspecified atom stereocenters. The molecule has 1 aliphatic heterocycles. The summed E-state index contributed by atoms with van der Waals surface area (Å²) < 4.78 is 0. The zero-order valence-electron chi connectivity index (χ0n) is 11.3. The molecule has 1 fully saturated rings. The largest absolute Gasteiger partial charge is 0.343 e. The van der Waals surface area contributed by atoms with Gasteiger partial charge in [0.25, 0.3) is 0 Å². The lowest BCUT2D eigenvalue weighted by molar-refractivity contribution is -0.146. The molecule has 98 valence electrons. The summed E-state index contributed by atoms with van der Waals surface area (Å²) in [5.41, 5.74) is 0. The second-order valence-electron chi connectivity index (χ2n) is 5.35. The molecule has 1 heterocycles. The normalized spacial score (nSPS) is 22.9. The number of carbonyl (C=O) groups excluding carboxylic acids is 2. The van der Waals surface area contributed by atoms with E-state index in [-0.39, 0.29) is 30.4 Å². The van der Waals surface area contributed by atoms with Crippen LogP contribution in [0.25, 0.3) is 0 Å². The van der Waals surface area contributed by atoms with Gasteiger partial charge in [-0.15, -0.1) is 0 Å². The van der Waals surface area contributed by atoms with Crippen LogP contribution >= 0.6 is 0 Å². The number of amides is 2. The van der Waals surface area contributed by atoms with Crippen molar-refractivity contribution in [3.63, 3.8) is 0 Å². The predicted octanol–water partition coefficient (Wildman–Crippen LogP) is 1.55. The highest BCUT2D eigenvalue weighted by Crippen LogP contribution is 2.15. The van der Waals surface area contributed by atoms with Gasteiger partial charge in [0.2, 0.25) is 11.8 Å². The number of carbonyl (C=O) groups is 2. The van der Waals surface area contributed by atoms with Gasteiger partial charge >= 0.3 is 0 Å². The Morgan fingerprint density at radius 3 is 2.53 bits per heavy atom. The van der Waals surface area contributed by atoms with Crippen molar-refractivity contribution in [3.8, 4) is 0 Å². The zero-order valence-corrected chi connectivity index (χ0v) is 11.3. The van der Waals surface area contributed by atoms with Crippen LogP contribution < -0.4 is 5.32 Å². The number of hydrogen-bond acceptors (Lipinski definition) is 2. The molecule has 0 aromatic heterocycles. The van der Waals surface area contributed by atoms with E-state index < -0.39 is 0 Å². The van der Waals surface area contributed by atoms with Crippen molar-refractivity contribution in [1.82, 2.24) is 10.2 Å². The van der Waals surface area contributed by atoms with Gasteiger partial charge in [-0.1, -0.05) is 27.2 Å². The average molecular weight is 240 g/mol. The summed E-state index contributed by atoms with van der Waals surface area (Å²) in [5, 5.41) is 2.79. The average Bonchev–Trinajstić information content (AvgIpc) is 2.22. The van der Waals surface area contributed by atoms with Crippen LogP contribution in [0.15, 0.2) is 0 Å². The fourth-order valence-corrected chi connectivity index (χ4v) is 2.31. The van der Waals surface area contributed by atoms with Gasteiger partial charge < -0.3 is 10.2 Å². The van der Waals surface area contributed by atoms with Gasteiger partial charge in [-0.05, 0) is 25.7 Å². The van der Waals surface area contributed by atoms with Crippen LogP contribution in [0.2, 0.25) is 0 Å². The van der Waals surface area contributed by atoms with Crippen molar-refractivity contribution in [3.05, 3.63) is 0 Å². The van der Waals surface area contributed by atoms with Gasteiger partial charge in [0.1, 0.15) is 6.04 Å². The molecule has 2 amide bonds. The minimum absolute atomic E-state index is 0.0294. The summed E-state index contributed by atoms with van der Waals surface area (Å²) >= 11 is 0. The second kappa shape index (κ2) is 6.03. The van der Waals surface area contributed by atoms with E-state index in [1.165, 1.54) is 0 Å². The van der Waals surface area contributed by atoms with Gasteiger partial charge in [-0.3, -0.25) is 9.59 Å². The Balaban J connectivity index is 2.71. The maximum Gasteiger partial charge on any atom is 0.245 e. The summed E-state index contributed by atoms with van der Waals surface area (Å²) in [6.45, 7) is 8.46. The highest BCUT2D eigenvalue weighted by atomic mass is 16.2. The lowest BCUT2D eigenvalue weighted by Crippen LogP contribution is -2.60. The summed E-state index contributed by atoms with van der Waals surface area (Å²) in [6.07, 6.45) is 2.70. The van der Waals surface area contributed by atoms with Crippen molar-refractivity contribution < 1.29 is 9.59 Å². The molecule has 0 aliphatic carbocycles. The maximum atomic E-state index is 12.2. The van der Waals surface area contributed by atoms with Crippen LogP contribution in [0.4, 0.5) is 0 Å². The molecule has 0 saturated carbocycles. The first-order chi connectivity index (χ1) is 7.95. The van der Waals surface area contributed by atoms with Gasteiger partial charge in [-0.25, -0.2) is 0 Å². The molecule has 1 aliphatic rings. The Morgan fingerprint density at radius 1 is 1.35 bits per heavy atom. The van der Waals surface area contributed by atoms with Gasteiger partial charge in [0.05, 0.1) is 6.54 Å². The fraction of sp³-hybridized carbons (Fsp3) is 0.846. The van der Waals surface area contributed by atoms with E-state index in [9.17, 15) is 9.59 Å². The number of nitrogens with zero attached hydrogens (tertiary/aromatic N) is 1. The molecule has 0 aromatic rings. The van der Waals surface area contributed by atoms with E-state index in [0.717, 1.165) is 19.3 Å². The van der Waals surface area contributed by atoms with Crippen LogP contribution in [0, 0.1) is 5.92 Å². The second-order valence-corrected chi connectivity index (χ2v) is 5.35. The minimum Gasteiger partial charge on any atom is -0.343 e. The number of hydrogen-bond donors (Lipinski definition) is 1. The molecule has 1 rings (SSSR count). The molecule has 1 N–H and O–H groups in total. The molecule has 17 heavy (non-hydrogen) atoms. The Labute approximate surface area is 104 Å². The summed E-state index contributed by atoms with van der Waals surface area (Å²) in [6, 6.07) is -0.163. The fourth-order valence-electron chi connectivity index (χ4n) is 2.31. The molecule has 0 radical (unpaired) electrons. The molecule has 4 nitrogen and oxygen atoms in total. The van der Waals surface area contributed by atoms with Crippen LogP contribution in [0.3, 0.4) is 0 Å². The molecule has 0 aromatic carbocycles. The zero-order chi connectivity index (χ0) is 13.0. The Kier molecular flexibility index (Phi) is 4.97. The molecule has 0 bridgehead atoms. The molecular weight excluding hydrogens is 216 g/mol. The first-order valence-electron chi connectivity index (χ1n) is 6.55. The monoisotopic (exact) mass is 240 g/mol. The Hall–Kier alpha value is -1.06. The van der Waals surface area contributed by atoms with E-state index >= 15 is 0 Å². The molecule has 0 spiro atoms. The van der Waals surface area contributed by atoms with E-state index in [1.807, 2.05) is 6.92 Å².